The van der Waals surface area contributed by atoms with E-state index in [9.17, 15) is 24.3 Å². The van der Waals surface area contributed by atoms with Gasteiger partial charge in [-0.15, -0.1) is 0 Å². The number of carbonyl (C=O) groups is 4. The van der Waals surface area contributed by atoms with Crippen LogP contribution in [0.5, 0.6) is 0 Å². The van der Waals surface area contributed by atoms with Crippen molar-refractivity contribution in [3.05, 3.63) is 71.8 Å². The predicted octanol–water partition coefficient (Wildman–Crippen LogP) is 2.76. The quantitative estimate of drug-likeness (QED) is 0.534. The standard InChI is InChI=1S/C23H26N2O6/c1-17(15-26)25(14-18-8-4-2-5-9-18)21(27)13-12-20(22(28)29)24-23(30)31-16-19-10-6-3-7-11-19/h2-11,15,17,20H,12-14,16H2,1H3,(H,24,30)(H,28,29)/t17-,20-/m1/s1. The summed E-state index contributed by atoms with van der Waals surface area (Å²) in [5.41, 5.74) is 1.61. The van der Waals surface area contributed by atoms with Crippen molar-refractivity contribution in [1.29, 1.82) is 0 Å². The van der Waals surface area contributed by atoms with Crippen molar-refractivity contribution in [2.24, 2.45) is 0 Å². The lowest BCUT2D eigenvalue weighted by atomic mass is 10.1. The molecule has 0 heterocycles. The van der Waals surface area contributed by atoms with Gasteiger partial charge in [0.25, 0.3) is 0 Å². The van der Waals surface area contributed by atoms with Gasteiger partial charge in [0.05, 0.1) is 6.04 Å². The van der Waals surface area contributed by atoms with Gasteiger partial charge < -0.3 is 24.9 Å². The Balaban J connectivity index is 1.92. The number of rotatable bonds is 11. The summed E-state index contributed by atoms with van der Waals surface area (Å²) in [6, 6.07) is 16.2. The molecule has 8 heteroatoms. The van der Waals surface area contributed by atoms with Gasteiger partial charge in [-0.3, -0.25) is 4.79 Å². The Morgan fingerprint density at radius 3 is 2.16 bits per heavy atom. The van der Waals surface area contributed by atoms with Gasteiger partial charge in [0.15, 0.2) is 0 Å². The highest BCUT2D eigenvalue weighted by atomic mass is 16.5. The number of hydrogen-bond donors (Lipinski definition) is 2. The van der Waals surface area contributed by atoms with Crippen LogP contribution in [0.3, 0.4) is 0 Å². The average Bonchev–Trinajstić information content (AvgIpc) is 2.79. The van der Waals surface area contributed by atoms with Crippen LogP contribution in [0.4, 0.5) is 4.79 Å². The van der Waals surface area contributed by atoms with Gasteiger partial charge in [0.1, 0.15) is 18.9 Å². The first kappa shape index (κ1) is 23.6. The van der Waals surface area contributed by atoms with E-state index < -0.39 is 24.1 Å². The van der Waals surface area contributed by atoms with Crippen molar-refractivity contribution in [2.75, 3.05) is 0 Å². The van der Waals surface area contributed by atoms with E-state index in [0.29, 0.717) is 6.29 Å². The van der Waals surface area contributed by atoms with Crippen molar-refractivity contribution in [1.82, 2.24) is 10.2 Å². The van der Waals surface area contributed by atoms with Gasteiger partial charge in [-0.2, -0.15) is 0 Å². The topological polar surface area (TPSA) is 113 Å². The molecule has 2 N–H and O–H groups in total. The van der Waals surface area contributed by atoms with E-state index in [4.69, 9.17) is 4.74 Å². The number of carboxylic acids is 1. The number of aldehydes is 1. The van der Waals surface area contributed by atoms with Gasteiger partial charge in [-0.05, 0) is 24.5 Å². The second-order valence-electron chi connectivity index (χ2n) is 7.02. The van der Waals surface area contributed by atoms with Crippen LogP contribution in [0.15, 0.2) is 60.7 Å². The molecule has 2 aromatic rings. The third-order valence-corrected chi connectivity index (χ3v) is 4.65. The maximum atomic E-state index is 12.7. The summed E-state index contributed by atoms with van der Waals surface area (Å²) in [4.78, 5) is 48.8. The molecule has 164 valence electrons. The summed E-state index contributed by atoms with van der Waals surface area (Å²) in [7, 11) is 0. The Hall–Kier alpha value is -3.68. The van der Waals surface area contributed by atoms with Crippen LogP contribution in [0.25, 0.3) is 0 Å². The molecule has 2 aromatic carbocycles. The Morgan fingerprint density at radius 2 is 1.61 bits per heavy atom. The Labute approximate surface area is 180 Å². The van der Waals surface area contributed by atoms with Gasteiger partial charge in [-0.25, -0.2) is 9.59 Å². The van der Waals surface area contributed by atoms with Crippen LogP contribution in [-0.4, -0.2) is 46.3 Å². The van der Waals surface area contributed by atoms with E-state index in [0.717, 1.165) is 11.1 Å². The van der Waals surface area contributed by atoms with Crippen LogP contribution in [0.2, 0.25) is 0 Å². The molecule has 2 amide bonds. The molecule has 0 aliphatic heterocycles. The SMILES string of the molecule is C[C@H](C=O)N(Cc1ccccc1)C(=O)CC[C@@H](NC(=O)OCc1ccccc1)C(=O)O. The monoisotopic (exact) mass is 426 g/mol. The van der Waals surface area contributed by atoms with E-state index in [-0.39, 0.29) is 31.9 Å². The van der Waals surface area contributed by atoms with Crippen molar-refractivity contribution in [3.63, 3.8) is 0 Å². The number of carbonyl (C=O) groups excluding carboxylic acids is 3. The molecule has 0 bridgehead atoms. The summed E-state index contributed by atoms with van der Waals surface area (Å²) >= 11 is 0. The lowest BCUT2D eigenvalue weighted by Crippen LogP contribution is -2.43. The summed E-state index contributed by atoms with van der Waals surface area (Å²) in [6.45, 7) is 1.82. The Bertz CT molecular complexity index is 872. The number of hydrogen-bond acceptors (Lipinski definition) is 5. The number of ether oxygens (including phenoxy) is 1. The van der Waals surface area contributed by atoms with Crippen LogP contribution >= 0.6 is 0 Å². The lowest BCUT2D eigenvalue weighted by molar-refractivity contribution is -0.140. The van der Waals surface area contributed by atoms with E-state index in [1.807, 2.05) is 36.4 Å². The summed E-state index contributed by atoms with van der Waals surface area (Å²) in [5.74, 6) is -1.66. The zero-order valence-electron chi connectivity index (χ0n) is 17.3. The molecule has 0 spiro atoms. The zero-order valence-corrected chi connectivity index (χ0v) is 17.3. The first-order valence-electron chi connectivity index (χ1n) is 9.89. The Morgan fingerprint density at radius 1 is 1.03 bits per heavy atom. The number of alkyl carbamates (subject to hydrolysis) is 1. The van der Waals surface area contributed by atoms with Gasteiger partial charge in [0, 0.05) is 13.0 Å². The highest BCUT2D eigenvalue weighted by Gasteiger charge is 2.25. The van der Waals surface area contributed by atoms with Crippen LogP contribution in [0, 0.1) is 0 Å². The fourth-order valence-corrected chi connectivity index (χ4v) is 2.89. The number of carboxylic acid groups (broad SMARTS) is 1. The van der Waals surface area contributed by atoms with Gasteiger partial charge >= 0.3 is 12.1 Å². The smallest absolute Gasteiger partial charge is 0.408 e. The van der Waals surface area contributed by atoms with Crippen molar-refractivity contribution < 1.29 is 29.0 Å². The van der Waals surface area contributed by atoms with Crippen molar-refractivity contribution in [2.45, 2.75) is 45.0 Å². The molecule has 2 atom stereocenters. The molecule has 0 saturated heterocycles. The normalized spacial score (nSPS) is 12.3. The first-order valence-corrected chi connectivity index (χ1v) is 9.89. The molecule has 0 aromatic heterocycles. The molecule has 0 aliphatic carbocycles. The minimum atomic E-state index is -1.29. The molecular formula is C23H26N2O6. The molecule has 31 heavy (non-hydrogen) atoms. The summed E-state index contributed by atoms with van der Waals surface area (Å²) < 4.78 is 5.04. The van der Waals surface area contributed by atoms with Crippen LogP contribution in [0.1, 0.15) is 30.9 Å². The largest absolute Gasteiger partial charge is 0.480 e. The minimum Gasteiger partial charge on any atom is -0.480 e. The molecule has 0 radical (unpaired) electrons. The number of aliphatic carboxylic acids is 1. The highest BCUT2D eigenvalue weighted by Crippen LogP contribution is 2.12. The number of nitrogens with one attached hydrogen (secondary N) is 1. The zero-order chi connectivity index (χ0) is 22.6. The first-order chi connectivity index (χ1) is 14.9. The minimum absolute atomic E-state index is 0.000351. The summed E-state index contributed by atoms with van der Waals surface area (Å²) in [6.07, 6.45) is -0.507. The van der Waals surface area contributed by atoms with Crippen LogP contribution in [-0.2, 0) is 32.3 Å². The van der Waals surface area contributed by atoms with E-state index >= 15 is 0 Å². The van der Waals surface area contributed by atoms with Gasteiger partial charge in [-0.1, -0.05) is 60.7 Å². The maximum Gasteiger partial charge on any atom is 0.408 e. The number of nitrogens with zero attached hydrogens (tertiary/aromatic N) is 1. The Kier molecular flexibility index (Phi) is 9.22. The third-order valence-electron chi connectivity index (χ3n) is 4.65. The molecule has 0 saturated carbocycles. The second-order valence-corrected chi connectivity index (χ2v) is 7.02. The maximum absolute atomic E-state index is 12.7. The lowest BCUT2D eigenvalue weighted by Gasteiger charge is -2.26. The van der Waals surface area contributed by atoms with Gasteiger partial charge in [0.2, 0.25) is 5.91 Å². The summed E-state index contributed by atoms with van der Waals surface area (Å²) in [5, 5.41) is 11.7. The molecule has 0 fully saturated rings. The fraction of sp³-hybridized carbons (Fsp3) is 0.304. The third kappa shape index (κ3) is 7.93. The number of amides is 2. The molecule has 2 rings (SSSR count). The molecule has 0 unspecified atom stereocenters. The second kappa shape index (κ2) is 12.1. The average molecular weight is 426 g/mol. The van der Waals surface area contributed by atoms with Crippen LogP contribution < -0.4 is 5.32 Å². The fourth-order valence-electron chi connectivity index (χ4n) is 2.89. The highest BCUT2D eigenvalue weighted by molar-refractivity contribution is 5.83. The van der Waals surface area contributed by atoms with Crippen molar-refractivity contribution >= 4 is 24.3 Å². The molecule has 8 nitrogen and oxygen atoms in total. The predicted molar refractivity (Wildman–Crippen MR) is 113 cm³/mol. The number of benzene rings is 2. The van der Waals surface area contributed by atoms with E-state index in [2.05, 4.69) is 5.32 Å². The van der Waals surface area contributed by atoms with E-state index in [1.165, 1.54) is 4.90 Å². The van der Waals surface area contributed by atoms with E-state index in [1.54, 1.807) is 31.2 Å². The molecular weight excluding hydrogens is 400 g/mol. The molecule has 0 aliphatic rings. The van der Waals surface area contributed by atoms with Crippen molar-refractivity contribution in [3.8, 4) is 0 Å².